The van der Waals surface area contributed by atoms with Gasteiger partial charge in [0, 0.05) is 13.1 Å². The largest absolute Gasteiger partial charge is 0.342 e. The first-order valence-corrected chi connectivity index (χ1v) is 9.14. The van der Waals surface area contributed by atoms with Gasteiger partial charge in [0.1, 0.15) is 0 Å². The number of likely N-dealkylation sites (tertiary alicyclic amines) is 1. The summed E-state index contributed by atoms with van der Waals surface area (Å²) in [6.07, 6.45) is 3.99. The van der Waals surface area contributed by atoms with E-state index in [2.05, 4.69) is 20.5 Å². The fourth-order valence-corrected chi connectivity index (χ4v) is 3.33. The standard InChI is InChI=1S/C19H22N6O2/c1-13-3-5-15(6-4-13)11-18(26)24-9-7-16(8-10-24)25-12-17(21-23-25)19-20-14(2)22-27-19/h3-6,12,16H,7-11H2,1-2H3. The number of carbonyl (C=O) groups is 1. The second-order valence-corrected chi connectivity index (χ2v) is 7.00. The molecule has 8 heteroatoms. The maximum absolute atomic E-state index is 12.6. The molecule has 0 bridgehead atoms. The number of benzene rings is 1. The Morgan fingerprint density at radius 3 is 2.59 bits per heavy atom. The third-order valence-electron chi connectivity index (χ3n) is 4.92. The van der Waals surface area contributed by atoms with Crippen LogP contribution in [-0.2, 0) is 11.2 Å². The van der Waals surface area contributed by atoms with Crippen LogP contribution in [0.5, 0.6) is 0 Å². The van der Waals surface area contributed by atoms with Gasteiger partial charge in [0.25, 0.3) is 5.89 Å². The molecule has 0 unspecified atom stereocenters. The van der Waals surface area contributed by atoms with Gasteiger partial charge in [0.15, 0.2) is 11.5 Å². The summed E-state index contributed by atoms with van der Waals surface area (Å²) in [7, 11) is 0. The Bertz CT molecular complexity index is 922. The molecule has 0 saturated carbocycles. The lowest BCUT2D eigenvalue weighted by atomic mass is 10.0. The van der Waals surface area contributed by atoms with Gasteiger partial charge in [0.2, 0.25) is 5.91 Å². The van der Waals surface area contributed by atoms with Crippen LogP contribution >= 0.6 is 0 Å². The Morgan fingerprint density at radius 1 is 1.19 bits per heavy atom. The van der Waals surface area contributed by atoms with Gasteiger partial charge in [-0.15, -0.1) is 5.10 Å². The van der Waals surface area contributed by atoms with Crippen molar-refractivity contribution in [1.29, 1.82) is 0 Å². The highest BCUT2D eigenvalue weighted by Crippen LogP contribution is 2.24. The van der Waals surface area contributed by atoms with Crippen molar-refractivity contribution in [3.05, 3.63) is 47.4 Å². The van der Waals surface area contributed by atoms with E-state index in [9.17, 15) is 4.79 Å². The van der Waals surface area contributed by atoms with Crippen LogP contribution in [0.1, 0.15) is 35.8 Å². The number of amides is 1. The van der Waals surface area contributed by atoms with Crippen molar-refractivity contribution in [3.8, 4) is 11.6 Å². The van der Waals surface area contributed by atoms with Gasteiger partial charge < -0.3 is 9.42 Å². The monoisotopic (exact) mass is 366 g/mol. The maximum Gasteiger partial charge on any atom is 0.280 e. The fraction of sp³-hybridized carbons (Fsp3) is 0.421. The number of piperidine rings is 1. The molecule has 2 aromatic heterocycles. The summed E-state index contributed by atoms with van der Waals surface area (Å²) in [4.78, 5) is 18.7. The van der Waals surface area contributed by atoms with Crippen LogP contribution in [0.3, 0.4) is 0 Å². The fourth-order valence-electron chi connectivity index (χ4n) is 3.33. The molecule has 3 aromatic rings. The molecular weight excluding hydrogens is 344 g/mol. The van der Waals surface area contributed by atoms with Crippen molar-refractivity contribution in [3.63, 3.8) is 0 Å². The predicted molar refractivity (Wildman–Crippen MR) is 97.8 cm³/mol. The van der Waals surface area contributed by atoms with Crippen LogP contribution in [0, 0.1) is 13.8 Å². The number of hydrogen-bond donors (Lipinski definition) is 0. The minimum absolute atomic E-state index is 0.179. The average Bonchev–Trinajstić information content (AvgIpc) is 3.33. The SMILES string of the molecule is Cc1ccc(CC(=O)N2CCC(n3cc(-c4nc(C)no4)nn3)CC2)cc1. The zero-order valence-electron chi connectivity index (χ0n) is 15.5. The van der Waals surface area contributed by atoms with Crippen LogP contribution in [0.2, 0.25) is 0 Å². The van der Waals surface area contributed by atoms with E-state index in [1.165, 1.54) is 5.56 Å². The summed E-state index contributed by atoms with van der Waals surface area (Å²) < 4.78 is 6.98. The summed E-state index contributed by atoms with van der Waals surface area (Å²) >= 11 is 0. The third kappa shape index (κ3) is 3.89. The van der Waals surface area contributed by atoms with Gasteiger partial charge in [0.05, 0.1) is 18.7 Å². The molecule has 1 aliphatic rings. The van der Waals surface area contributed by atoms with E-state index in [0.717, 1.165) is 31.5 Å². The molecule has 0 aliphatic carbocycles. The van der Waals surface area contributed by atoms with Gasteiger partial charge in [-0.1, -0.05) is 40.2 Å². The molecule has 1 aromatic carbocycles. The lowest BCUT2D eigenvalue weighted by Crippen LogP contribution is -2.40. The molecule has 1 fully saturated rings. The molecule has 1 aliphatic heterocycles. The second-order valence-electron chi connectivity index (χ2n) is 7.00. The average molecular weight is 366 g/mol. The molecule has 0 N–H and O–H groups in total. The van der Waals surface area contributed by atoms with Crippen LogP contribution < -0.4 is 0 Å². The van der Waals surface area contributed by atoms with Gasteiger partial charge in [-0.2, -0.15) is 4.98 Å². The van der Waals surface area contributed by atoms with Gasteiger partial charge in [-0.3, -0.25) is 4.79 Å². The lowest BCUT2D eigenvalue weighted by Gasteiger charge is -2.32. The van der Waals surface area contributed by atoms with Crippen LogP contribution in [-0.4, -0.2) is 49.0 Å². The van der Waals surface area contributed by atoms with Crippen molar-refractivity contribution in [1.82, 2.24) is 30.0 Å². The summed E-state index contributed by atoms with van der Waals surface area (Å²) in [5.41, 5.74) is 2.84. The Labute approximate surface area is 157 Å². The second kappa shape index (κ2) is 7.30. The number of aromatic nitrogens is 5. The van der Waals surface area contributed by atoms with E-state index in [4.69, 9.17) is 4.52 Å². The number of aryl methyl sites for hydroxylation is 2. The third-order valence-corrected chi connectivity index (χ3v) is 4.92. The lowest BCUT2D eigenvalue weighted by molar-refractivity contribution is -0.131. The van der Waals surface area contributed by atoms with Crippen LogP contribution in [0.4, 0.5) is 0 Å². The molecule has 4 rings (SSSR count). The van der Waals surface area contributed by atoms with Gasteiger partial charge in [-0.05, 0) is 32.3 Å². The summed E-state index contributed by atoms with van der Waals surface area (Å²) in [6, 6.07) is 8.36. The number of rotatable bonds is 4. The van der Waals surface area contributed by atoms with Gasteiger partial charge in [-0.25, -0.2) is 4.68 Å². The van der Waals surface area contributed by atoms with E-state index in [1.54, 1.807) is 6.92 Å². The normalized spacial score (nSPS) is 15.3. The Kier molecular flexibility index (Phi) is 4.70. The molecule has 0 radical (unpaired) electrons. The zero-order valence-corrected chi connectivity index (χ0v) is 15.5. The van der Waals surface area contributed by atoms with E-state index < -0.39 is 0 Å². The minimum atomic E-state index is 0.179. The molecule has 3 heterocycles. The number of hydrogen-bond acceptors (Lipinski definition) is 6. The van der Waals surface area contributed by atoms with Crippen molar-refractivity contribution >= 4 is 5.91 Å². The van der Waals surface area contributed by atoms with Crippen molar-refractivity contribution in [2.75, 3.05) is 13.1 Å². The smallest absolute Gasteiger partial charge is 0.280 e. The summed E-state index contributed by atoms with van der Waals surface area (Å²) in [5.74, 6) is 1.13. The molecule has 0 atom stereocenters. The van der Waals surface area contributed by atoms with E-state index in [0.29, 0.717) is 23.8 Å². The molecular formula is C19H22N6O2. The Morgan fingerprint density at radius 2 is 1.93 bits per heavy atom. The van der Waals surface area contributed by atoms with Crippen LogP contribution in [0.25, 0.3) is 11.6 Å². The quantitative estimate of drug-likeness (QED) is 0.704. The molecule has 140 valence electrons. The highest BCUT2D eigenvalue weighted by molar-refractivity contribution is 5.78. The Hall–Kier alpha value is -3.03. The highest BCUT2D eigenvalue weighted by atomic mass is 16.5. The molecule has 0 spiro atoms. The summed E-state index contributed by atoms with van der Waals surface area (Å²) in [6.45, 7) is 5.26. The van der Waals surface area contributed by atoms with Crippen molar-refractivity contribution in [2.24, 2.45) is 0 Å². The number of carbonyl (C=O) groups excluding carboxylic acids is 1. The van der Waals surface area contributed by atoms with E-state index in [1.807, 2.05) is 47.0 Å². The topological polar surface area (TPSA) is 89.9 Å². The van der Waals surface area contributed by atoms with Crippen molar-refractivity contribution < 1.29 is 9.32 Å². The maximum atomic E-state index is 12.6. The Balaban J connectivity index is 1.34. The predicted octanol–water partition coefficient (Wildman–Crippen LogP) is 2.35. The number of nitrogens with zero attached hydrogens (tertiary/aromatic N) is 6. The molecule has 8 nitrogen and oxygen atoms in total. The highest BCUT2D eigenvalue weighted by Gasteiger charge is 2.25. The minimum Gasteiger partial charge on any atom is -0.342 e. The molecule has 1 amide bonds. The summed E-state index contributed by atoms with van der Waals surface area (Å²) in [5, 5.41) is 12.1. The van der Waals surface area contributed by atoms with Crippen LogP contribution in [0.15, 0.2) is 35.0 Å². The van der Waals surface area contributed by atoms with E-state index >= 15 is 0 Å². The first-order chi connectivity index (χ1) is 13.1. The van der Waals surface area contributed by atoms with E-state index in [-0.39, 0.29) is 11.9 Å². The van der Waals surface area contributed by atoms with Gasteiger partial charge >= 0.3 is 0 Å². The molecule has 1 saturated heterocycles. The molecule has 27 heavy (non-hydrogen) atoms. The first-order valence-electron chi connectivity index (χ1n) is 9.14. The zero-order chi connectivity index (χ0) is 18.8. The first kappa shape index (κ1) is 17.4. The van der Waals surface area contributed by atoms with Crippen molar-refractivity contribution in [2.45, 2.75) is 39.2 Å².